The molecular weight excluding hydrogens is 216 g/mol. The third-order valence-corrected chi connectivity index (χ3v) is 2.62. The van der Waals surface area contributed by atoms with Crippen LogP contribution in [0.1, 0.15) is 17.1 Å². The number of hydrogen-bond donors (Lipinski definition) is 1. The van der Waals surface area contributed by atoms with Crippen LogP contribution in [0, 0.1) is 0 Å². The largest absolute Gasteiger partial charge is 0.469 e. The van der Waals surface area contributed by atoms with E-state index in [0.717, 1.165) is 22.8 Å². The van der Waals surface area contributed by atoms with Crippen molar-refractivity contribution in [3.05, 3.63) is 53.9 Å². The fourth-order valence-corrected chi connectivity index (χ4v) is 1.81. The molecule has 0 saturated carbocycles. The molecule has 0 saturated heterocycles. The lowest BCUT2D eigenvalue weighted by Crippen LogP contribution is -1.99. The minimum absolute atomic E-state index is 0.462. The zero-order valence-electron chi connectivity index (χ0n) is 9.21. The van der Waals surface area contributed by atoms with E-state index >= 15 is 0 Å². The molecule has 3 aromatic heterocycles. The van der Waals surface area contributed by atoms with Crippen molar-refractivity contribution in [2.75, 3.05) is 0 Å². The molecule has 0 aliphatic carbocycles. The Morgan fingerprint density at radius 2 is 2.24 bits per heavy atom. The summed E-state index contributed by atoms with van der Waals surface area (Å²) in [6.07, 6.45) is 4.11. The van der Waals surface area contributed by atoms with Gasteiger partial charge in [0.05, 0.1) is 12.7 Å². The molecule has 5 heteroatoms. The molecule has 0 bridgehead atoms. The maximum Gasteiger partial charge on any atom is 0.160 e. The monoisotopic (exact) mass is 228 g/mol. The summed E-state index contributed by atoms with van der Waals surface area (Å²) in [4.78, 5) is 4.47. The number of pyridine rings is 1. The van der Waals surface area contributed by atoms with E-state index in [1.54, 1.807) is 10.8 Å². The predicted molar refractivity (Wildman–Crippen MR) is 62.4 cm³/mol. The zero-order chi connectivity index (χ0) is 11.7. The first-order valence-electron chi connectivity index (χ1n) is 5.42. The number of rotatable bonds is 3. The Hall–Kier alpha value is -2.14. The summed E-state index contributed by atoms with van der Waals surface area (Å²) in [6.45, 7) is 0.462. The molecule has 0 atom stereocenters. The average Bonchev–Trinajstić information content (AvgIpc) is 2.97. The first-order chi connectivity index (χ1) is 8.36. The van der Waals surface area contributed by atoms with Gasteiger partial charge < -0.3 is 10.2 Å². The van der Waals surface area contributed by atoms with Crippen molar-refractivity contribution in [2.45, 2.75) is 13.0 Å². The third-order valence-electron chi connectivity index (χ3n) is 2.62. The summed E-state index contributed by atoms with van der Waals surface area (Å²) in [6, 6.07) is 7.65. The second-order valence-electron chi connectivity index (χ2n) is 3.79. The Balaban J connectivity index is 2.02. The van der Waals surface area contributed by atoms with Crippen LogP contribution in [0.4, 0.5) is 0 Å². The SMILES string of the molecule is NCc1cccn2nc(Cc3ccco3)nc12. The second kappa shape index (κ2) is 4.03. The molecule has 86 valence electrons. The van der Waals surface area contributed by atoms with Gasteiger partial charge in [-0.2, -0.15) is 5.10 Å². The summed E-state index contributed by atoms with van der Waals surface area (Å²) < 4.78 is 7.03. The van der Waals surface area contributed by atoms with Gasteiger partial charge >= 0.3 is 0 Å². The van der Waals surface area contributed by atoms with E-state index in [1.807, 2.05) is 30.5 Å². The number of nitrogens with zero attached hydrogens (tertiary/aromatic N) is 3. The van der Waals surface area contributed by atoms with Crippen molar-refractivity contribution < 1.29 is 4.42 Å². The van der Waals surface area contributed by atoms with Crippen LogP contribution >= 0.6 is 0 Å². The molecule has 0 fully saturated rings. The minimum Gasteiger partial charge on any atom is -0.469 e. The van der Waals surface area contributed by atoms with E-state index in [1.165, 1.54) is 0 Å². The Morgan fingerprint density at radius 1 is 1.29 bits per heavy atom. The maximum atomic E-state index is 5.66. The summed E-state index contributed by atoms with van der Waals surface area (Å²) >= 11 is 0. The van der Waals surface area contributed by atoms with Gasteiger partial charge in [-0.05, 0) is 18.2 Å². The molecular formula is C12H12N4O. The normalized spacial score (nSPS) is 11.1. The van der Waals surface area contributed by atoms with Crippen LogP contribution < -0.4 is 5.73 Å². The van der Waals surface area contributed by atoms with Crippen molar-refractivity contribution in [3.63, 3.8) is 0 Å². The molecule has 0 radical (unpaired) electrons. The van der Waals surface area contributed by atoms with Gasteiger partial charge in [0, 0.05) is 18.3 Å². The quantitative estimate of drug-likeness (QED) is 0.735. The van der Waals surface area contributed by atoms with Crippen LogP contribution in [-0.4, -0.2) is 14.6 Å². The lowest BCUT2D eigenvalue weighted by Gasteiger charge is -1.96. The third kappa shape index (κ3) is 1.81. The molecule has 0 unspecified atom stereocenters. The molecule has 0 aromatic carbocycles. The van der Waals surface area contributed by atoms with Crippen LogP contribution in [0.3, 0.4) is 0 Å². The maximum absolute atomic E-state index is 5.66. The summed E-state index contributed by atoms with van der Waals surface area (Å²) in [5.41, 5.74) is 7.47. The van der Waals surface area contributed by atoms with Crippen LogP contribution in [0.25, 0.3) is 5.65 Å². The van der Waals surface area contributed by atoms with E-state index in [0.29, 0.717) is 13.0 Å². The number of nitrogens with two attached hydrogens (primary N) is 1. The Kier molecular flexibility index (Phi) is 2.38. The molecule has 17 heavy (non-hydrogen) atoms. The molecule has 0 spiro atoms. The second-order valence-corrected chi connectivity index (χ2v) is 3.79. The lowest BCUT2D eigenvalue weighted by molar-refractivity contribution is 0.517. The van der Waals surface area contributed by atoms with Crippen LogP contribution in [0.2, 0.25) is 0 Å². The van der Waals surface area contributed by atoms with Crippen LogP contribution in [-0.2, 0) is 13.0 Å². The molecule has 0 aliphatic rings. The van der Waals surface area contributed by atoms with Gasteiger partial charge in [-0.1, -0.05) is 6.07 Å². The highest BCUT2D eigenvalue weighted by molar-refractivity contribution is 5.46. The fourth-order valence-electron chi connectivity index (χ4n) is 1.81. The highest BCUT2D eigenvalue weighted by Crippen LogP contribution is 2.11. The molecule has 3 heterocycles. The van der Waals surface area contributed by atoms with Gasteiger partial charge in [0.2, 0.25) is 0 Å². The van der Waals surface area contributed by atoms with Crippen molar-refractivity contribution >= 4 is 5.65 Å². The van der Waals surface area contributed by atoms with Crippen LogP contribution in [0.15, 0.2) is 41.1 Å². The molecule has 3 rings (SSSR count). The lowest BCUT2D eigenvalue weighted by atomic mass is 10.3. The Labute approximate surface area is 97.9 Å². The number of aromatic nitrogens is 3. The highest BCUT2D eigenvalue weighted by Gasteiger charge is 2.08. The summed E-state index contributed by atoms with van der Waals surface area (Å²) in [7, 11) is 0. The van der Waals surface area contributed by atoms with E-state index < -0.39 is 0 Å². The van der Waals surface area contributed by atoms with Crippen LogP contribution in [0.5, 0.6) is 0 Å². The van der Waals surface area contributed by atoms with E-state index in [9.17, 15) is 0 Å². The first-order valence-corrected chi connectivity index (χ1v) is 5.42. The molecule has 3 aromatic rings. The molecule has 0 amide bonds. The van der Waals surface area contributed by atoms with E-state index in [-0.39, 0.29) is 0 Å². The standard InChI is InChI=1S/C12H12N4O/c13-8-9-3-1-5-16-12(9)14-11(15-16)7-10-4-2-6-17-10/h1-6H,7-8,13H2. The van der Waals surface area contributed by atoms with Crippen molar-refractivity contribution in [1.82, 2.24) is 14.6 Å². The van der Waals surface area contributed by atoms with Crippen molar-refractivity contribution in [2.24, 2.45) is 5.73 Å². The van der Waals surface area contributed by atoms with Gasteiger partial charge in [0.25, 0.3) is 0 Å². The Morgan fingerprint density at radius 3 is 3.00 bits per heavy atom. The average molecular weight is 228 g/mol. The minimum atomic E-state index is 0.462. The molecule has 5 nitrogen and oxygen atoms in total. The van der Waals surface area contributed by atoms with E-state index in [2.05, 4.69) is 10.1 Å². The number of fused-ring (bicyclic) bond motifs is 1. The topological polar surface area (TPSA) is 69.3 Å². The molecule has 0 aliphatic heterocycles. The van der Waals surface area contributed by atoms with Gasteiger partial charge in [-0.3, -0.25) is 0 Å². The predicted octanol–water partition coefficient (Wildman–Crippen LogP) is 1.37. The fraction of sp³-hybridized carbons (Fsp3) is 0.167. The number of furan rings is 1. The summed E-state index contributed by atoms with van der Waals surface area (Å²) in [5.74, 6) is 1.59. The highest BCUT2D eigenvalue weighted by atomic mass is 16.3. The van der Waals surface area contributed by atoms with Gasteiger partial charge in [0.15, 0.2) is 11.5 Å². The number of hydrogen-bond acceptors (Lipinski definition) is 4. The first kappa shape index (κ1) is 10.0. The Bertz CT molecular complexity index is 627. The van der Waals surface area contributed by atoms with Gasteiger partial charge in [0.1, 0.15) is 5.76 Å². The van der Waals surface area contributed by atoms with Crippen molar-refractivity contribution in [3.8, 4) is 0 Å². The smallest absolute Gasteiger partial charge is 0.160 e. The van der Waals surface area contributed by atoms with Gasteiger partial charge in [-0.25, -0.2) is 9.50 Å². The summed E-state index contributed by atoms with van der Waals surface area (Å²) in [5, 5.41) is 4.39. The van der Waals surface area contributed by atoms with E-state index in [4.69, 9.17) is 10.2 Å². The van der Waals surface area contributed by atoms with Crippen molar-refractivity contribution in [1.29, 1.82) is 0 Å². The zero-order valence-corrected chi connectivity index (χ0v) is 9.21. The molecule has 2 N–H and O–H groups in total. The van der Waals surface area contributed by atoms with Gasteiger partial charge in [-0.15, -0.1) is 0 Å².